The van der Waals surface area contributed by atoms with Gasteiger partial charge in [0.05, 0.1) is 0 Å². The maximum atomic E-state index is 8.38. The van der Waals surface area contributed by atoms with E-state index >= 15 is 0 Å². The van der Waals surface area contributed by atoms with Crippen LogP contribution in [-0.4, -0.2) is 18.6 Å². The SMILES string of the molecule is C[CH]C.[O]=[GaH]. The van der Waals surface area contributed by atoms with Gasteiger partial charge in [-0.15, -0.1) is 0 Å². The van der Waals surface area contributed by atoms with Crippen molar-refractivity contribution in [1.82, 2.24) is 0 Å². The van der Waals surface area contributed by atoms with Gasteiger partial charge in [-0.2, -0.15) is 0 Å². The first-order valence-corrected chi connectivity index (χ1v) is 2.65. The molecule has 0 unspecified atom stereocenters. The summed E-state index contributed by atoms with van der Waals surface area (Å²) in [4.78, 5) is 0. The van der Waals surface area contributed by atoms with Crippen molar-refractivity contribution in [3.63, 3.8) is 0 Å². The van der Waals surface area contributed by atoms with Gasteiger partial charge in [-0.25, -0.2) is 0 Å². The van der Waals surface area contributed by atoms with E-state index in [2.05, 4.69) is 0 Å². The predicted octanol–water partition coefficient (Wildman–Crippen LogP) is 0.463. The zero-order valence-corrected chi connectivity index (χ0v) is 6.66. The molecule has 0 atom stereocenters. The van der Waals surface area contributed by atoms with Gasteiger partial charge in [0.2, 0.25) is 0 Å². The summed E-state index contributed by atoms with van der Waals surface area (Å²) < 4.78 is 8.38. The van der Waals surface area contributed by atoms with Crippen molar-refractivity contribution in [3.8, 4) is 0 Å². The summed E-state index contributed by atoms with van der Waals surface area (Å²) in [6.07, 6.45) is 2.00. The Balaban J connectivity index is 0. The van der Waals surface area contributed by atoms with Crippen LogP contribution in [-0.2, 0) is 3.54 Å². The Bertz CT molecular complexity index is 10.9. The summed E-state index contributed by atoms with van der Waals surface area (Å²) in [6.45, 7) is 4.00. The zero-order valence-electron chi connectivity index (χ0n) is 3.69. The van der Waals surface area contributed by atoms with Gasteiger partial charge in [0.25, 0.3) is 0 Å². The second-order valence-electron chi connectivity index (χ2n) is 0.577. The first-order valence-electron chi connectivity index (χ1n) is 1.44. The van der Waals surface area contributed by atoms with Crippen molar-refractivity contribution in [2.45, 2.75) is 13.8 Å². The molecule has 0 amide bonds. The molecule has 0 rings (SSSR count). The third kappa shape index (κ3) is 138. The van der Waals surface area contributed by atoms with Crippen molar-refractivity contribution in [2.75, 3.05) is 0 Å². The molecule has 0 heterocycles. The van der Waals surface area contributed by atoms with Crippen molar-refractivity contribution < 1.29 is 3.54 Å². The molecule has 0 spiro atoms. The van der Waals surface area contributed by atoms with Gasteiger partial charge in [-0.3, -0.25) is 0 Å². The van der Waals surface area contributed by atoms with Crippen LogP contribution in [0.2, 0.25) is 0 Å². The Morgan fingerprint density at radius 1 is 1.40 bits per heavy atom. The monoisotopic (exact) mass is 129 g/mol. The van der Waals surface area contributed by atoms with E-state index < -0.39 is 0 Å². The Morgan fingerprint density at radius 3 is 1.40 bits per heavy atom. The van der Waals surface area contributed by atoms with E-state index in [1.807, 2.05) is 20.3 Å². The molecule has 0 aliphatic carbocycles. The van der Waals surface area contributed by atoms with Gasteiger partial charge < -0.3 is 0 Å². The molecule has 0 N–H and O–H groups in total. The topological polar surface area (TPSA) is 17.1 Å². The van der Waals surface area contributed by atoms with Gasteiger partial charge in [0, 0.05) is 0 Å². The second kappa shape index (κ2) is 25.4. The first-order chi connectivity index (χ1) is 2.41. The van der Waals surface area contributed by atoms with E-state index in [0.717, 1.165) is 0 Å². The molecule has 0 aliphatic rings. The Morgan fingerprint density at radius 2 is 1.40 bits per heavy atom. The molecular weight excluding hydrogens is 122 g/mol. The average Bonchev–Trinajstić information content (AvgIpc) is 1.46. The molecule has 5 heavy (non-hydrogen) atoms. The minimum atomic E-state index is 0.125. The summed E-state index contributed by atoms with van der Waals surface area (Å²) in [5.74, 6) is 0. The number of hydrogen-bond acceptors (Lipinski definition) is 1. The summed E-state index contributed by atoms with van der Waals surface area (Å²) in [5.41, 5.74) is 0. The third-order valence-electron chi connectivity index (χ3n) is 0. The molecule has 0 bridgehead atoms. The van der Waals surface area contributed by atoms with Crippen LogP contribution >= 0.6 is 0 Å². The van der Waals surface area contributed by atoms with Crippen molar-refractivity contribution in [1.29, 1.82) is 0 Å². The van der Waals surface area contributed by atoms with Crippen LogP contribution in [0.4, 0.5) is 0 Å². The van der Waals surface area contributed by atoms with E-state index in [-0.39, 0.29) is 18.6 Å². The predicted molar refractivity (Wildman–Crippen MR) is 23.5 cm³/mol. The standard InChI is InChI=1S/C3H7.Ga.O.H/c1-3-2;;;/h3H,1-2H3;;;. The van der Waals surface area contributed by atoms with Crippen molar-refractivity contribution in [3.05, 3.63) is 6.42 Å². The van der Waals surface area contributed by atoms with Crippen LogP contribution in [0, 0.1) is 6.42 Å². The minimum absolute atomic E-state index is 0.125. The Hall–Kier alpha value is 0.436. The Kier molecular flexibility index (Phi) is 46.0. The fourth-order valence-electron chi connectivity index (χ4n) is 0. The molecule has 0 fully saturated rings. The van der Waals surface area contributed by atoms with Crippen LogP contribution in [0.3, 0.4) is 0 Å². The summed E-state index contributed by atoms with van der Waals surface area (Å²) >= 11 is 0.125. The average molecular weight is 130 g/mol. The summed E-state index contributed by atoms with van der Waals surface area (Å²) in [7, 11) is 0. The molecule has 0 saturated carbocycles. The Labute approximate surface area is 43.0 Å². The van der Waals surface area contributed by atoms with Crippen LogP contribution < -0.4 is 0 Å². The van der Waals surface area contributed by atoms with Crippen LogP contribution in [0.25, 0.3) is 0 Å². The molecule has 2 heteroatoms. The summed E-state index contributed by atoms with van der Waals surface area (Å²) in [5, 5.41) is 0. The molecule has 1 radical (unpaired) electrons. The molecule has 0 aliphatic heterocycles. The van der Waals surface area contributed by atoms with Crippen LogP contribution in [0.15, 0.2) is 0 Å². The second-order valence-corrected chi connectivity index (χ2v) is 0.577. The van der Waals surface area contributed by atoms with Crippen LogP contribution in [0.5, 0.6) is 0 Å². The molecule has 29 valence electrons. The fraction of sp³-hybridized carbons (Fsp3) is 0.667. The molecule has 1 nitrogen and oxygen atoms in total. The van der Waals surface area contributed by atoms with E-state index in [1.54, 1.807) is 0 Å². The van der Waals surface area contributed by atoms with E-state index in [9.17, 15) is 0 Å². The van der Waals surface area contributed by atoms with E-state index in [1.165, 1.54) is 0 Å². The first kappa shape index (κ1) is 9.06. The van der Waals surface area contributed by atoms with E-state index in [0.29, 0.717) is 0 Å². The third-order valence-corrected chi connectivity index (χ3v) is 0. The maximum absolute atomic E-state index is 8.38. The van der Waals surface area contributed by atoms with Gasteiger partial charge in [-0.05, 0) is 6.42 Å². The van der Waals surface area contributed by atoms with Gasteiger partial charge >= 0.3 is 22.1 Å². The zero-order chi connectivity index (χ0) is 4.71. The van der Waals surface area contributed by atoms with Crippen molar-refractivity contribution >= 4 is 18.6 Å². The molecule has 0 aromatic carbocycles. The van der Waals surface area contributed by atoms with Gasteiger partial charge in [0.1, 0.15) is 0 Å². The quantitative estimate of drug-likeness (QED) is 0.435. The van der Waals surface area contributed by atoms with Crippen LogP contribution in [0.1, 0.15) is 13.8 Å². The molecule has 0 aromatic heterocycles. The van der Waals surface area contributed by atoms with Gasteiger partial charge in [0.15, 0.2) is 0 Å². The van der Waals surface area contributed by atoms with Crippen molar-refractivity contribution in [2.24, 2.45) is 0 Å². The fourth-order valence-corrected chi connectivity index (χ4v) is 0. The summed E-state index contributed by atoms with van der Waals surface area (Å²) in [6, 6.07) is 0. The van der Waals surface area contributed by atoms with E-state index in [4.69, 9.17) is 3.54 Å². The number of hydrogen-bond donors (Lipinski definition) is 0. The molecule has 0 saturated heterocycles. The number of rotatable bonds is 0. The normalized spacial score (nSPS) is 4.20. The molecule has 0 aromatic rings. The van der Waals surface area contributed by atoms with Gasteiger partial charge in [-0.1, -0.05) is 13.8 Å². The molecular formula is C3H8GaO.